The van der Waals surface area contributed by atoms with Gasteiger partial charge >= 0.3 is 0 Å². The van der Waals surface area contributed by atoms with Crippen molar-refractivity contribution in [1.82, 2.24) is 15.1 Å². The smallest absolute Gasteiger partial charge is 0.255 e. The third kappa shape index (κ3) is 4.62. The molecule has 0 bridgehead atoms. The van der Waals surface area contributed by atoms with E-state index in [1.54, 1.807) is 23.1 Å². The number of fused-ring (bicyclic) bond motifs is 1. The zero-order valence-electron chi connectivity index (χ0n) is 21.0. The minimum absolute atomic E-state index is 0.206. The molecule has 2 saturated heterocycles. The fraction of sp³-hybridized carbons (Fsp3) is 0.400. The van der Waals surface area contributed by atoms with Gasteiger partial charge in [0.1, 0.15) is 18.4 Å². The van der Waals surface area contributed by atoms with E-state index in [-0.39, 0.29) is 37.9 Å². The summed E-state index contributed by atoms with van der Waals surface area (Å²) in [6, 6.07) is 12.3. The molecule has 4 unspecified atom stereocenters. The largest absolute Gasteiger partial charge is 0.489 e. The third-order valence-electron chi connectivity index (χ3n) is 6.10. The highest BCUT2D eigenvalue weighted by molar-refractivity contribution is 6.05. The summed E-state index contributed by atoms with van der Waals surface area (Å²) in [5.41, 5.74) is 3.11. The minimum atomic E-state index is -1.06. The van der Waals surface area contributed by atoms with Crippen LogP contribution in [0.1, 0.15) is 44.0 Å². The molecule has 8 heteroatoms. The maximum Gasteiger partial charge on any atom is 0.255 e. The van der Waals surface area contributed by atoms with Crippen LogP contribution in [0, 0.1) is 0 Å². The number of carbonyl (C=O) groups is 3. The van der Waals surface area contributed by atoms with Gasteiger partial charge in [0.15, 0.2) is 0 Å². The lowest BCUT2D eigenvalue weighted by molar-refractivity contribution is -0.136. The van der Waals surface area contributed by atoms with Crippen molar-refractivity contribution >= 4 is 17.7 Å². The van der Waals surface area contributed by atoms with Gasteiger partial charge in [-0.05, 0) is 29.7 Å². The molecule has 0 aromatic heterocycles. The maximum atomic E-state index is 13.0. The van der Waals surface area contributed by atoms with Gasteiger partial charge in [-0.3, -0.25) is 24.6 Å². The van der Waals surface area contributed by atoms with Crippen LogP contribution in [0.25, 0.3) is 0 Å². The molecule has 2 aromatic rings. The predicted molar refractivity (Wildman–Crippen MR) is 119 cm³/mol. The zero-order valence-corrected chi connectivity index (χ0v) is 18.0. The summed E-state index contributed by atoms with van der Waals surface area (Å²) in [5, 5.41) is 2.31. The van der Waals surface area contributed by atoms with Crippen molar-refractivity contribution in [2.75, 3.05) is 26.2 Å². The van der Waals surface area contributed by atoms with E-state index >= 15 is 0 Å². The standard InChI is InChI=1S/C25H27N3O5/c29-23-9-8-21(24(30)26-23)28-15-20-19(25(28)31)2-1-3-22(20)33-16-18-6-4-17(5-7-18)14-27-10-12-32-13-11-27/h1-7,21H,8-16H2,(H,26,29,30)/i10D,12D,13D. The number of hydrogen-bond acceptors (Lipinski definition) is 6. The Balaban J connectivity index is 1.22. The van der Waals surface area contributed by atoms with Gasteiger partial charge in [-0.2, -0.15) is 0 Å². The number of morpholine rings is 1. The second-order valence-electron chi connectivity index (χ2n) is 8.30. The molecule has 2 aromatic carbocycles. The monoisotopic (exact) mass is 452 g/mol. The summed E-state index contributed by atoms with van der Waals surface area (Å²) < 4.78 is 34.8. The average Bonchev–Trinajstić information content (AvgIpc) is 3.18. The van der Waals surface area contributed by atoms with E-state index in [4.69, 9.17) is 13.6 Å². The summed E-state index contributed by atoms with van der Waals surface area (Å²) >= 11 is 0. The van der Waals surface area contributed by atoms with Gasteiger partial charge in [-0.25, -0.2) is 0 Å². The zero-order chi connectivity index (χ0) is 25.4. The normalized spacial score (nSPS) is 29.2. The van der Waals surface area contributed by atoms with Gasteiger partial charge in [-0.15, -0.1) is 0 Å². The van der Waals surface area contributed by atoms with E-state index < -0.39 is 31.6 Å². The first kappa shape index (κ1) is 18.2. The maximum absolute atomic E-state index is 13.0. The summed E-state index contributed by atoms with van der Waals surface area (Å²) in [7, 11) is 0. The number of imide groups is 1. The van der Waals surface area contributed by atoms with Crippen molar-refractivity contribution in [3.63, 3.8) is 0 Å². The van der Waals surface area contributed by atoms with Crippen LogP contribution in [-0.4, -0.2) is 59.8 Å². The topological polar surface area (TPSA) is 88.2 Å². The lowest BCUT2D eigenvalue weighted by Gasteiger charge is -2.29. The number of hydrogen-bond donors (Lipinski definition) is 1. The quantitative estimate of drug-likeness (QED) is 0.674. The highest BCUT2D eigenvalue weighted by atomic mass is 16.5. The lowest BCUT2D eigenvalue weighted by Crippen LogP contribution is -2.52. The van der Waals surface area contributed by atoms with Gasteiger partial charge in [0.05, 0.1) is 22.5 Å². The Morgan fingerprint density at radius 3 is 2.73 bits per heavy atom. The Kier molecular flexibility index (Phi) is 5.15. The molecule has 0 aliphatic carbocycles. The Bertz CT molecular complexity index is 1180. The lowest BCUT2D eigenvalue weighted by atomic mass is 10.0. The van der Waals surface area contributed by atoms with E-state index in [0.29, 0.717) is 24.3 Å². The second-order valence-corrected chi connectivity index (χ2v) is 8.30. The van der Waals surface area contributed by atoms with E-state index in [1.165, 1.54) is 4.90 Å². The van der Waals surface area contributed by atoms with Crippen LogP contribution in [0.15, 0.2) is 42.5 Å². The molecule has 4 atom stereocenters. The van der Waals surface area contributed by atoms with Crippen molar-refractivity contribution in [2.45, 2.75) is 38.6 Å². The highest BCUT2D eigenvalue weighted by Crippen LogP contribution is 2.34. The van der Waals surface area contributed by atoms with Crippen LogP contribution in [0.4, 0.5) is 0 Å². The van der Waals surface area contributed by atoms with Gasteiger partial charge in [0.2, 0.25) is 11.8 Å². The summed E-state index contributed by atoms with van der Waals surface area (Å²) in [6.07, 6.45) is 0.514. The molecular formula is C25H27N3O5. The van der Waals surface area contributed by atoms with Gasteiger partial charge in [0.25, 0.3) is 5.91 Å². The van der Waals surface area contributed by atoms with Crippen LogP contribution >= 0.6 is 0 Å². The molecule has 0 spiro atoms. The van der Waals surface area contributed by atoms with Crippen LogP contribution in [0.2, 0.25) is 0 Å². The molecule has 3 aliphatic heterocycles. The van der Waals surface area contributed by atoms with Crippen molar-refractivity contribution in [3.05, 3.63) is 64.7 Å². The third-order valence-corrected chi connectivity index (χ3v) is 6.10. The molecule has 0 radical (unpaired) electrons. The van der Waals surface area contributed by atoms with Crippen LogP contribution < -0.4 is 10.1 Å². The van der Waals surface area contributed by atoms with Crippen molar-refractivity contribution in [3.8, 4) is 5.75 Å². The molecule has 0 saturated carbocycles. The van der Waals surface area contributed by atoms with E-state index in [1.807, 2.05) is 24.3 Å². The molecule has 8 nitrogen and oxygen atoms in total. The Hall–Kier alpha value is -3.23. The second kappa shape index (κ2) is 9.33. The molecule has 5 rings (SSSR count). The number of piperidine rings is 1. The molecule has 3 heterocycles. The van der Waals surface area contributed by atoms with Crippen LogP contribution in [0.5, 0.6) is 5.75 Å². The number of nitrogens with one attached hydrogen (secondary N) is 1. The van der Waals surface area contributed by atoms with Gasteiger partial charge < -0.3 is 14.4 Å². The number of benzene rings is 2. The Labute approximate surface area is 196 Å². The number of amides is 3. The molecule has 172 valence electrons. The van der Waals surface area contributed by atoms with Gasteiger partial charge in [-0.1, -0.05) is 30.3 Å². The summed E-state index contributed by atoms with van der Waals surface area (Å²) in [5.74, 6) is -0.427. The summed E-state index contributed by atoms with van der Waals surface area (Å²) in [4.78, 5) is 40.0. The molecule has 2 fully saturated rings. The minimum Gasteiger partial charge on any atom is -0.489 e. The number of rotatable bonds is 6. The first-order valence-electron chi connectivity index (χ1n) is 12.7. The average molecular weight is 453 g/mol. The number of ether oxygens (including phenoxy) is 2. The Morgan fingerprint density at radius 1 is 1.09 bits per heavy atom. The molecule has 3 amide bonds. The van der Waals surface area contributed by atoms with Crippen molar-refractivity contribution in [2.24, 2.45) is 0 Å². The van der Waals surface area contributed by atoms with Crippen molar-refractivity contribution in [1.29, 1.82) is 0 Å². The van der Waals surface area contributed by atoms with Crippen LogP contribution in [-0.2, 0) is 34.0 Å². The Morgan fingerprint density at radius 2 is 1.91 bits per heavy atom. The van der Waals surface area contributed by atoms with E-state index in [9.17, 15) is 14.4 Å². The van der Waals surface area contributed by atoms with E-state index in [2.05, 4.69) is 5.32 Å². The molecule has 3 aliphatic rings. The molecule has 33 heavy (non-hydrogen) atoms. The number of nitrogens with zero attached hydrogens (tertiary/aromatic N) is 2. The fourth-order valence-corrected chi connectivity index (χ4v) is 4.32. The predicted octanol–water partition coefficient (Wildman–Crippen LogP) is 1.86. The SMILES string of the molecule is [2H]C1CN(Cc2ccc(COc3cccc4c3CN(C3CCC(=O)NC3=O)C4=O)cc2)C([2H])C([2H])O1. The van der Waals surface area contributed by atoms with Crippen LogP contribution in [0.3, 0.4) is 0 Å². The highest BCUT2D eigenvalue weighted by Gasteiger charge is 2.40. The molecular weight excluding hydrogens is 422 g/mol. The summed E-state index contributed by atoms with van der Waals surface area (Å²) in [6.45, 7) is -1.46. The van der Waals surface area contributed by atoms with Gasteiger partial charge in [0, 0.05) is 38.5 Å². The van der Waals surface area contributed by atoms with Crippen molar-refractivity contribution < 1.29 is 28.0 Å². The fourth-order valence-electron chi connectivity index (χ4n) is 4.32. The molecule has 1 N–H and O–H groups in total. The van der Waals surface area contributed by atoms with E-state index in [0.717, 1.165) is 16.7 Å². The first-order valence-corrected chi connectivity index (χ1v) is 10.9. The number of carbonyl (C=O) groups excluding carboxylic acids is 3. The first-order chi connectivity index (χ1) is 17.3.